The topological polar surface area (TPSA) is 89.2 Å². The van der Waals surface area contributed by atoms with Gasteiger partial charge in [0.2, 0.25) is 11.0 Å². The van der Waals surface area contributed by atoms with E-state index in [0.29, 0.717) is 10.9 Å². The lowest BCUT2D eigenvalue weighted by Crippen LogP contribution is -2.18. The number of aryl methyl sites for hydroxylation is 3. The molecule has 0 aliphatic heterocycles. The maximum atomic E-state index is 12.5. The number of thioether (sulfide) groups is 1. The molecule has 0 radical (unpaired) electrons. The number of fused-ring (bicyclic) bond motifs is 3. The summed E-state index contributed by atoms with van der Waals surface area (Å²) in [5, 5.41) is 12.1. The zero-order valence-corrected chi connectivity index (χ0v) is 17.3. The number of thiazole rings is 1. The van der Waals surface area contributed by atoms with Crippen LogP contribution < -0.4 is 10.9 Å². The summed E-state index contributed by atoms with van der Waals surface area (Å²) in [6, 6.07) is 1.60. The summed E-state index contributed by atoms with van der Waals surface area (Å²) in [6.07, 6.45) is 5.11. The molecule has 142 valence electrons. The maximum absolute atomic E-state index is 12.5. The first kappa shape index (κ1) is 18.6. The van der Waals surface area contributed by atoms with Gasteiger partial charge in [-0.3, -0.25) is 19.3 Å². The minimum Gasteiger partial charge on any atom is -0.300 e. The summed E-state index contributed by atoms with van der Waals surface area (Å²) in [5.74, 6) is 0.685. The second kappa shape index (κ2) is 8.07. The van der Waals surface area contributed by atoms with E-state index in [-0.39, 0.29) is 17.2 Å². The van der Waals surface area contributed by atoms with Gasteiger partial charge in [0.15, 0.2) is 4.96 Å². The van der Waals surface area contributed by atoms with Crippen LogP contribution in [0.3, 0.4) is 0 Å². The monoisotopic (exact) mass is 421 g/mol. The third kappa shape index (κ3) is 4.07. The largest absolute Gasteiger partial charge is 0.300 e. The van der Waals surface area contributed by atoms with Crippen molar-refractivity contribution in [2.45, 2.75) is 44.8 Å². The predicted octanol–water partition coefficient (Wildman–Crippen LogP) is 2.92. The molecule has 4 rings (SSSR count). The normalized spacial score (nSPS) is 13.7. The van der Waals surface area contributed by atoms with Gasteiger partial charge in [-0.05, 0) is 32.1 Å². The zero-order valence-electron chi connectivity index (χ0n) is 14.9. The molecule has 1 aliphatic carbocycles. The third-order valence-electron chi connectivity index (χ3n) is 4.31. The van der Waals surface area contributed by atoms with Crippen molar-refractivity contribution in [1.29, 1.82) is 0 Å². The van der Waals surface area contributed by atoms with Crippen molar-refractivity contribution in [3.05, 3.63) is 37.7 Å². The molecule has 3 aromatic rings. The van der Waals surface area contributed by atoms with Crippen LogP contribution in [-0.2, 0) is 29.8 Å². The summed E-state index contributed by atoms with van der Waals surface area (Å²) in [6.45, 7) is 2.00. The van der Waals surface area contributed by atoms with Crippen LogP contribution in [-0.4, -0.2) is 31.2 Å². The van der Waals surface area contributed by atoms with Gasteiger partial charge in [0.1, 0.15) is 5.01 Å². The smallest absolute Gasteiger partial charge is 0.259 e. The van der Waals surface area contributed by atoms with E-state index in [9.17, 15) is 9.59 Å². The predicted molar refractivity (Wildman–Crippen MR) is 110 cm³/mol. The second-order valence-electron chi connectivity index (χ2n) is 6.28. The molecule has 0 unspecified atom stereocenters. The molecule has 10 heteroatoms. The molecule has 3 aromatic heterocycles. The summed E-state index contributed by atoms with van der Waals surface area (Å²) in [7, 11) is 0. The molecule has 1 N–H and O–H groups in total. The Labute approximate surface area is 168 Å². The quantitative estimate of drug-likeness (QED) is 0.658. The van der Waals surface area contributed by atoms with Crippen molar-refractivity contribution >= 4 is 50.4 Å². The molecule has 0 spiro atoms. The van der Waals surface area contributed by atoms with Gasteiger partial charge in [0.25, 0.3) is 5.56 Å². The lowest BCUT2D eigenvalue weighted by molar-refractivity contribution is -0.113. The average molecular weight is 422 g/mol. The van der Waals surface area contributed by atoms with Crippen LogP contribution in [0.5, 0.6) is 0 Å². The fourth-order valence-corrected chi connectivity index (χ4v) is 5.71. The molecule has 1 aliphatic rings. The third-order valence-corrected chi connectivity index (χ3v) is 7.41. The van der Waals surface area contributed by atoms with Crippen LogP contribution in [0.25, 0.3) is 4.96 Å². The Balaban J connectivity index is 1.39. The minimum atomic E-state index is -0.122. The van der Waals surface area contributed by atoms with Crippen molar-refractivity contribution in [2.24, 2.45) is 0 Å². The lowest BCUT2D eigenvalue weighted by atomic mass is 10.0. The molecule has 0 saturated carbocycles. The van der Waals surface area contributed by atoms with Crippen molar-refractivity contribution in [3.63, 3.8) is 0 Å². The van der Waals surface area contributed by atoms with Gasteiger partial charge in [-0.25, -0.2) is 4.98 Å². The molecule has 27 heavy (non-hydrogen) atoms. The second-order valence-corrected chi connectivity index (χ2v) is 9.39. The molecule has 0 saturated heterocycles. The molecular weight excluding hydrogens is 402 g/mol. The number of carbonyl (C=O) groups is 1. The van der Waals surface area contributed by atoms with Crippen LogP contribution in [0.15, 0.2) is 10.9 Å². The highest BCUT2D eigenvalue weighted by atomic mass is 32.2. The van der Waals surface area contributed by atoms with Gasteiger partial charge in [0, 0.05) is 22.4 Å². The number of nitrogens with zero attached hydrogens (tertiary/aromatic N) is 4. The molecule has 0 fully saturated rings. The van der Waals surface area contributed by atoms with Crippen molar-refractivity contribution < 1.29 is 4.79 Å². The number of hydrogen-bond acceptors (Lipinski definition) is 8. The van der Waals surface area contributed by atoms with Crippen LogP contribution in [0.1, 0.15) is 41.0 Å². The van der Waals surface area contributed by atoms with E-state index in [4.69, 9.17) is 0 Å². The lowest BCUT2D eigenvalue weighted by Gasteiger charge is -2.10. The van der Waals surface area contributed by atoms with E-state index in [0.717, 1.165) is 47.0 Å². The fourth-order valence-electron chi connectivity index (χ4n) is 3.07. The summed E-state index contributed by atoms with van der Waals surface area (Å²) >= 11 is 4.45. The number of hydrogen-bond donors (Lipinski definition) is 1. The minimum absolute atomic E-state index is 0.0135. The number of aromatic nitrogens is 4. The Bertz CT molecular complexity index is 1040. The Morgan fingerprint density at radius 2 is 2.15 bits per heavy atom. The number of rotatable bonds is 6. The average Bonchev–Trinajstić information content (AvgIpc) is 3.25. The van der Waals surface area contributed by atoms with Crippen LogP contribution in [0, 0.1) is 0 Å². The Hall–Kier alpha value is -1.78. The summed E-state index contributed by atoms with van der Waals surface area (Å²) < 4.78 is 1.76. The Morgan fingerprint density at radius 3 is 2.96 bits per heavy atom. The highest BCUT2D eigenvalue weighted by molar-refractivity contribution is 7.99. The molecule has 0 bridgehead atoms. The van der Waals surface area contributed by atoms with E-state index in [1.54, 1.807) is 21.8 Å². The van der Waals surface area contributed by atoms with Crippen molar-refractivity contribution in [3.8, 4) is 0 Å². The fraction of sp³-hybridized carbons (Fsp3) is 0.471. The van der Waals surface area contributed by atoms with Gasteiger partial charge in [-0.1, -0.05) is 18.3 Å². The van der Waals surface area contributed by atoms with Crippen LogP contribution in [0.2, 0.25) is 0 Å². The highest BCUT2D eigenvalue weighted by Gasteiger charge is 2.18. The molecule has 0 aromatic carbocycles. The van der Waals surface area contributed by atoms with Gasteiger partial charge >= 0.3 is 0 Å². The van der Waals surface area contributed by atoms with E-state index in [2.05, 4.69) is 20.5 Å². The van der Waals surface area contributed by atoms with Crippen molar-refractivity contribution in [1.82, 2.24) is 19.6 Å². The summed E-state index contributed by atoms with van der Waals surface area (Å²) in [5.41, 5.74) is 1.85. The Morgan fingerprint density at radius 1 is 1.30 bits per heavy atom. The SMILES string of the molecule is CCc1nnc(NC(=O)CSCc2cc(=O)n3c4c(sc3n2)CCCC4)s1. The number of anilines is 1. The van der Waals surface area contributed by atoms with E-state index >= 15 is 0 Å². The van der Waals surface area contributed by atoms with Crippen molar-refractivity contribution in [2.75, 3.05) is 11.1 Å². The first-order valence-corrected chi connectivity index (χ1v) is 11.7. The van der Waals surface area contributed by atoms with Gasteiger partial charge in [0.05, 0.1) is 11.4 Å². The standard InChI is InChI=1S/C17H19N5O2S3/c1-2-14-20-21-16(27-14)19-13(23)9-25-8-10-7-15(24)22-11-5-3-4-6-12(11)26-17(22)18-10/h7H,2-6,8-9H2,1H3,(H,19,21,23). The first-order chi connectivity index (χ1) is 13.1. The molecule has 0 atom stereocenters. The van der Waals surface area contributed by atoms with E-state index in [1.807, 2.05) is 6.92 Å². The van der Waals surface area contributed by atoms with Gasteiger partial charge in [-0.2, -0.15) is 0 Å². The van der Waals surface area contributed by atoms with Gasteiger partial charge < -0.3 is 0 Å². The number of amides is 1. The van der Waals surface area contributed by atoms with E-state index in [1.165, 1.54) is 34.4 Å². The maximum Gasteiger partial charge on any atom is 0.259 e. The number of carbonyl (C=O) groups excluding carboxylic acids is 1. The highest BCUT2D eigenvalue weighted by Crippen LogP contribution is 2.28. The van der Waals surface area contributed by atoms with Crippen LogP contribution >= 0.6 is 34.4 Å². The molecular formula is C17H19N5O2S3. The zero-order chi connectivity index (χ0) is 18.8. The molecule has 3 heterocycles. The Kier molecular flexibility index (Phi) is 5.55. The number of nitrogens with one attached hydrogen (secondary N) is 1. The summed E-state index contributed by atoms with van der Waals surface area (Å²) in [4.78, 5) is 31.3. The van der Waals surface area contributed by atoms with E-state index < -0.39 is 0 Å². The first-order valence-electron chi connectivity index (χ1n) is 8.87. The van der Waals surface area contributed by atoms with Gasteiger partial charge in [-0.15, -0.1) is 33.3 Å². The molecule has 1 amide bonds. The molecule has 7 nitrogen and oxygen atoms in total. The van der Waals surface area contributed by atoms with Crippen LogP contribution in [0.4, 0.5) is 5.13 Å².